The maximum Gasteiger partial charge on any atom is 0.258 e. The van der Waals surface area contributed by atoms with Gasteiger partial charge in [0, 0.05) is 23.4 Å². The van der Waals surface area contributed by atoms with Crippen LogP contribution in [0.15, 0.2) is 103 Å². The van der Waals surface area contributed by atoms with E-state index >= 15 is 0 Å². The number of fused-ring (bicyclic) bond motifs is 1. The van der Waals surface area contributed by atoms with E-state index in [-0.39, 0.29) is 23.9 Å². The standard InChI is InChI=1S/C36H36N2O2/c1-5-28-18-21-30(22-19-28)36(40)37-27(4)24-33(31-16-11-13-26(3)35(31)37)38(32-17-10-9-12-25(32)2)34(39)23-20-29-14-7-6-8-15-29/h6-23,27,33H,5,24H2,1-4H3/b23-20+/t27-,33-/m0/s1. The Kier molecular flexibility index (Phi) is 7.97. The number of amides is 2. The first kappa shape index (κ1) is 27.1. The number of aryl methyl sites for hydroxylation is 3. The van der Waals surface area contributed by atoms with Gasteiger partial charge in [-0.15, -0.1) is 0 Å². The minimum Gasteiger partial charge on any atom is -0.305 e. The number of carbonyl (C=O) groups excluding carboxylic acids is 2. The molecule has 1 heterocycles. The van der Waals surface area contributed by atoms with E-state index in [2.05, 4.69) is 19.9 Å². The van der Waals surface area contributed by atoms with E-state index in [4.69, 9.17) is 0 Å². The van der Waals surface area contributed by atoms with Crippen molar-refractivity contribution < 1.29 is 9.59 Å². The summed E-state index contributed by atoms with van der Waals surface area (Å²) in [4.78, 5) is 31.8. The molecule has 0 spiro atoms. The summed E-state index contributed by atoms with van der Waals surface area (Å²) in [6.07, 6.45) is 5.08. The van der Waals surface area contributed by atoms with Crippen molar-refractivity contribution >= 4 is 29.3 Å². The molecule has 0 N–H and O–H groups in total. The maximum absolute atomic E-state index is 14.0. The molecule has 0 unspecified atom stereocenters. The third-order valence-corrected chi connectivity index (χ3v) is 7.84. The highest BCUT2D eigenvalue weighted by Gasteiger charge is 2.39. The molecule has 40 heavy (non-hydrogen) atoms. The molecule has 0 aliphatic carbocycles. The molecule has 4 nitrogen and oxygen atoms in total. The minimum absolute atomic E-state index is 0.0121. The zero-order chi connectivity index (χ0) is 28.2. The third-order valence-electron chi connectivity index (χ3n) is 7.84. The van der Waals surface area contributed by atoms with Crippen LogP contribution in [0.25, 0.3) is 6.08 Å². The third kappa shape index (κ3) is 5.35. The van der Waals surface area contributed by atoms with E-state index in [0.29, 0.717) is 12.0 Å². The fourth-order valence-corrected chi connectivity index (χ4v) is 5.71. The summed E-state index contributed by atoms with van der Waals surface area (Å²) in [5, 5.41) is 0. The van der Waals surface area contributed by atoms with E-state index in [0.717, 1.165) is 40.0 Å². The molecule has 5 rings (SSSR count). The predicted molar refractivity (Wildman–Crippen MR) is 165 cm³/mol. The number of carbonyl (C=O) groups is 2. The van der Waals surface area contributed by atoms with Crippen molar-refractivity contribution in [2.75, 3.05) is 9.80 Å². The molecule has 1 aliphatic rings. The molecule has 202 valence electrons. The quantitative estimate of drug-likeness (QED) is 0.237. The molecule has 0 fully saturated rings. The summed E-state index contributed by atoms with van der Waals surface area (Å²) in [7, 11) is 0. The van der Waals surface area contributed by atoms with Crippen LogP contribution < -0.4 is 9.80 Å². The van der Waals surface area contributed by atoms with Crippen molar-refractivity contribution in [2.24, 2.45) is 0 Å². The molecular weight excluding hydrogens is 492 g/mol. The van der Waals surface area contributed by atoms with Crippen molar-refractivity contribution in [3.63, 3.8) is 0 Å². The van der Waals surface area contributed by atoms with Crippen molar-refractivity contribution in [1.82, 2.24) is 0 Å². The Morgan fingerprint density at radius 1 is 0.850 bits per heavy atom. The summed E-state index contributed by atoms with van der Waals surface area (Å²) >= 11 is 0. The Labute approximate surface area is 237 Å². The number of hydrogen-bond acceptors (Lipinski definition) is 2. The van der Waals surface area contributed by atoms with Gasteiger partial charge in [0.1, 0.15) is 0 Å². The maximum atomic E-state index is 14.0. The van der Waals surface area contributed by atoms with Crippen LogP contribution >= 0.6 is 0 Å². The van der Waals surface area contributed by atoms with Crippen LogP contribution in [0.5, 0.6) is 0 Å². The Morgan fingerprint density at radius 3 is 2.23 bits per heavy atom. The number of para-hydroxylation sites is 2. The van der Waals surface area contributed by atoms with Gasteiger partial charge in [-0.2, -0.15) is 0 Å². The van der Waals surface area contributed by atoms with Crippen LogP contribution in [0, 0.1) is 13.8 Å². The average Bonchev–Trinajstić information content (AvgIpc) is 2.98. The lowest BCUT2D eigenvalue weighted by Crippen LogP contribution is -2.48. The Hall–Kier alpha value is -4.44. The summed E-state index contributed by atoms with van der Waals surface area (Å²) in [5.74, 6) is -0.0976. The van der Waals surface area contributed by atoms with Gasteiger partial charge in [-0.05, 0) is 85.7 Å². The molecule has 2 amide bonds. The van der Waals surface area contributed by atoms with Crippen LogP contribution in [0.3, 0.4) is 0 Å². The molecule has 2 atom stereocenters. The van der Waals surface area contributed by atoms with E-state index in [1.165, 1.54) is 5.56 Å². The molecule has 0 bridgehead atoms. The van der Waals surface area contributed by atoms with E-state index in [9.17, 15) is 9.59 Å². The topological polar surface area (TPSA) is 40.6 Å². The van der Waals surface area contributed by atoms with Crippen LogP contribution in [-0.2, 0) is 11.2 Å². The smallest absolute Gasteiger partial charge is 0.258 e. The minimum atomic E-state index is -0.231. The number of nitrogens with zero attached hydrogens (tertiary/aromatic N) is 2. The summed E-state index contributed by atoms with van der Waals surface area (Å²) in [6, 6.07) is 31.6. The van der Waals surface area contributed by atoms with Gasteiger partial charge in [-0.3, -0.25) is 9.59 Å². The van der Waals surface area contributed by atoms with Gasteiger partial charge in [-0.25, -0.2) is 0 Å². The molecule has 4 heteroatoms. The number of rotatable bonds is 6. The molecule has 0 saturated heterocycles. The van der Waals surface area contributed by atoms with Gasteiger partial charge in [0.15, 0.2) is 0 Å². The fraction of sp³-hybridized carbons (Fsp3) is 0.222. The second kappa shape index (κ2) is 11.7. The Balaban J connectivity index is 1.59. The molecule has 1 aliphatic heterocycles. The van der Waals surface area contributed by atoms with Gasteiger partial charge >= 0.3 is 0 Å². The van der Waals surface area contributed by atoms with Crippen LogP contribution in [0.1, 0.15) is 64.5 Å². The Morgan fingerprint density at radius 2 is 1.52 bits per heavy atom. The van der Waals surface area contributed by atoms with Crippen LogP contribution in [0.4, 0.5) is 11.4 Å². The zero-order valence-electron chi connectivity index (χ0n) is 23.7. The average molecular weight is 529 g/mol. The van der Waals surface area contributed by atoms with Gasteiger partial charge in [0.25, 0.3) is 11.8 Å². The van der Waals surface area contributed by atoms with Crippen LogP contribution in [-0.4, -0.2) is 17.9 Å². The molecule has 0 saturated carbocycles. The van der Waals surface area contributed by atoms with Crippen molar-refractivity contribution in [3.8, 4) is 0 Å². The lowest BCUT2D eigenvalue weighted by Gasteiger charge is -2.44. The summed E-state index contributed by atoms with van der Waals surface area (Å²) in [6.45, 7) is 8.28. The van der Waals surface area contributed by atoms with Crippen molar-refractivity contribution in [2.45, 2.75) is 52.6 Å². The van der Waals surface area contributed by atoms with Crippen molar-refractivity contribution in [1.29, 1.82) is 0 Å². The van der Waals surface area contributed by atoms with E-state index < -0.39 is 0 Å². The SMILES string of the molecule is CCc1ccc(C(=O)N2c3c(C)cccc3[C@@H](N(C(=O)/C=C/c3ccccc3)c3ccccc3C)C[C@@H]2C)cc1. The summed E-state index contributed by atoms with van der Waals surface area (Å²) in [5.41, 5.74) is 7.66. The van der Waals surface area contributed by atoms with Crippen molar-refractivity contribution in [3.05, 3.63) is 137 Å². The highest BCUT2D eigenvalue weighted by atomic mass is 16.2. The number of benzene rings is 4. The van der Waals surface area contributed by atoms with Gasteiger partial charge in [-0.1, -0.05) is 85.8 Å². The first-order chi connectivity index (χ1) is 19.4. The Bertz CT molecular complexity index is 1540. The van der Waals surface area contributed by atoms with Crippen LogP contribution in [0.2, 0.25) is 0 Å². The lowest BCUT2D eigenvalue weighted by atomic mass is 9.87. The molecule has 4 aromatic carbocycles. The highest BCUT2D eigenvalue weighted by molar-refractivity contribution is 6.09. The fourth-order valence-electron chi connectivity index (χ4n) is 5.71. The largest absolute Gasteiger partial charge is 0.305 e. The van der Waals surface area contributed by atoms with Gasteiger partial charge < -0.3 is 9.80 Å². The van der Waals surface area contributed by atoms with E-state index in [1.54, 1.807) is 6.08 Å². The molecule has 0 radical (unpaired) electrons. The molecule has 0 aromatic heterocycles. The molecular formula is C36H36N2O2. The first-order valence-corrected chi connectivity index (χ1v) is 14.0. The monoisotopic (exact) mass is 528 g/mol. The number of anilines is 2. The molecule has 4 aromatic rings. The number of hydrogen-bond donors (Lipinski definition) is 0. The zero-order valence-corrected chi connectivity index (χ0v) is 23.7. The van der Waals surface area contributed by atoms with E-state index in [1.807, 2.05) is 121 Å². The van der Waals surface area contributed by atoms with Gasteiger partial charge in [0.05, 0.1) is 11.7 Å². The predicted octanol–water partition coefficient (Wildman–Crippen LogP) is 8.09. The highest BCUT2D eigenvalue weighted by Crippen LogP contribution is 2.45. The normalized spacial score (nSPS) is 16.6. The first-order valence-electron chi connectivity index (χ1n) is 14.0. The lowest BCUT2D eigenvalue weighted by molar-refractivity contribution is -0.114. The summed E-state index contributed by atoms with van der Waals surface area (Å²) < 4.78 is 0. The van der Waals surface area contributed by atoms with Gasteiger partial charge in [0.2, 0.25) is 0 Å². The second-order valence-electron chi connectivity index (χ2n) is 10.6. The second-order valence-corrected chi connectivity index (χ2v) is 10.6.